The van der Waals surface area contributed by atoms with Gasteiger partial charge in [0, 0.05) is 68.6 Å². The van der Waals surface area contributed by atoms with Crippen LogP contribution in [0.4, 0.5) is 0 Å². The maximum atomic E-state index is 14.7. The van der Waals surface area contributed by atoms with Crippen LogP contribution in [0.15, 0.2) is 70.9 Å². The Morgan fingerprint density at radius 3 is 2.00 bits per heavy atom. The van der Waals surface area contributed by atoms with Crippen LogP contribution in [-0.4, -0.2) is 133 Å². The van der Waals surface area contributed by atoms with E-state index in [-0.39, 0.29) is 124 Å². The first-order valence-electron chi connectivity index (χ1n) is 24.8. The molecule has 1 unspecified atom stereocenters. The van der Waals surface area contributed by atoms with E-state index in [1.807, 2.05) is 24.3 Å². The molecule has 25 nitrogen and oxygen atoms in total. The smallest absolute Gasteiger partial charge is 0.243 e. The molecule has 1 aliphatic heterocycles. The molecule has 4 rings (SSSR count). The molecule has 1 aromatic heterocycles. The van der Waals surface area contributed by atoms with Crippen LogP contribution in [-0.2, 0) is 51.2 Å². The zero-order chi connectivity index (χ0) is 55.9. The summed E-state index contributed by atoms with van der Waals surface area (Å²) in [5, 5.41) is 22.8. The van der Waals surface area contributed by atoms with Crippen molar-refractivity contribution in [2.75, 3.05) is 26.2 Å². The molecule has 7 atom stereocenters. The van der Waals surface area contributed by atoms with E-state index in [4.69, 9.17) is 57.6 Å². The Kier molecular flexibility index (Phi) is 24.6. The van der Waals surface area contributed by atoms with Crippen molar-refractivity contribution in [3.05, 3.63) is 82.1 Å². The molecule has 2 aromatic carbocycles. The van der Waals surface area contributed by atoms with Crippen molar-refractivity contribution in [3.8, 4) is 0 Å². The van der Waals surface area contributed by atoms with Gasteiger partial charge < -0.3 is 81.9 Å². The lowest BCUT2D eigenvalue weighted by Crippen LogP contribution is -2.60. The van der Waals surface area contributed by atoms with Crippen molar-refractivity contribution in [1.29, 1.82) is 0 Å². The van der Waals surface area contributed by atoms with Crippen LogP contribution >= 0.6 is 23.2 Å². The maximum Gasteiger partial charge on any atom is 0.243 e. The number of aromatic amines is 1. The van der Waals surface area contributed by atoms with Crippen LogP contribution in [0.3, 0.4) is 0 Å². The number of guanidine groups is 2. The second kappa shape index (κ2) is 30.7. The second-order valence-electron chi connectivity index (χ2n) is 18.2. The number of amides is 8. The minimum absolute atomic E-state index is 0.0187. The van der Waals surface area contributed by atoms with Crippen molar-refractivity contribution in [1.82, 2.24) is 47.5 Å². The summed E-state index contributed by atoms with van der Waals surface area (Å²) >= 11 is 12.6. The molecule has 0 spiro atoms. The monoisotopic (exact) mass is 1100 g/mol. The van der Waals surface area contributed by atoms with Crippen LogP contribution in [0.2, 0.25) is 10.0 Å². The molecule has 76 heavy (non-hydrogen) atoms. The number of rotatable bonds is 18. The summed E-state index contributed by atoms with van der Waals surface area (Å²) in [5.41, 5.74) is 36.2. The SMILES string of the molecule is C=C(N)C1CCCNC(=O)CC[C@H](NC(=O)[C@H](CCCN=C(N)N)NC(C)=O)C(=O)N[C@@H](CCN)C(=O)N[C@H](Cc2ccc(Cl)c(Cl)c2)C(=O)N[C@@H](CCCN=C(N)N)C(=O)N[C@@H](Cc2c[nH]c3ccccc23)C(=O)N1. The van der Waals surface area contributed by atoms with Gasteiger partial charge in [0.15, 0.2) is 11.9 Å². The Morgan fingerprint density at radius 2 is 1.36 bits per heavy atom. The van der Waals surface area contributed by atoms with Crippen molar-refractivity contribution < 1.29 is 38.4 Å². The number of carbonyl (C=O) groups excluding carboxylic acids is 8. The van der Waals surface area contributed by atoms with Gasteiger partial charge in [0.25, 0.3) is 0 Å². The minimum atomic E-state index is -1.48. The molecule has 8 amide bonds. The van der Waals surface area contributed by atoms with Crippen molar-refractivity contribution in [3.63, 3.8) is 0 Å². The molecule has 0 saturated carbocycles. The predicted octanol–water partition coefficient (Wildman–Crippen LogP) is -1.71. The average Bonchev–Trinajstić information content (AvgIpc) is 3.77. The number of halogens is 2. The number of nitrogens with one attached hydrogen (secondary N) is 9. The number of nitrogens with two attached hydrogens (primary N) is 6. The summed E-state index contributed by atoms with van der Waals surface area (Å²) in [6.07, 6.45) is 1.58. The third-order valence-electron chi connectivity index (χ3n) is 12.1. The van der Waals surface area contributed by atoms with E-state index in [1.54, 1.807) is 12.3 Å². The number of para-hydroxylation sites is 1. The highest BCUT2D eigenvalue weighted by Gasteiger charge is 2.34. The summed E-state index contributed by atoms with van der Waals surface area (Å²) < 4.78 is 0. The number of aliphatic imine (C=N–C) groups is 2. The predicted molar refractivity (Wildman–Crippen MR) is 290 cm³/mol. The number of hydrogen-bond acceptors (Lipinski definition) is 12. The molecule has 27 heteroatoms. The van der Waals surface area contributed by atoms with Gasteiger partial charge in [0.1, 0.15) is 36.3 Å². The first-order valence-corrected chi connectivity index (χ1v) is 25.5. The van der Waals surface area contributed by atoms with E-state index in [0.29, 0.717) is 11.1 Å². The maximum absolute atomic E-state index is 14.7. The molecule has 21 N–H and O–H groups in total. The summed E-state index contributed by atoms with van der Waals surface area (Å²) in [4.78, 5) is 123. The Bertz CT molecular complexity index is 2600. The topological polar surface area (TPSA) is 429 Å². The number of fused-ring (bicyclic) bond motifs is 1. The summed E-state index contributed by atoms with van der Waals surface area (Å²) in [6.45, 7) is 5.19. The highest BCUT2D eigenvalue weighted by molar-refractivity contribution is 6.42. The van der Waals surface area contributed by atoms with Gasteiger partial charge in [-0.3, -0.25) is 48.3 Å². The number of aromatic nitrogens is 1. The van der Waals surface area contributed by atoms with E-state index in [2.05, 4.69) is 64.1 Å². The molecule has 1 fully saturated rings. The number of hydrogen-bond donors (Lipinski definition) is 15. The Labute approximate surface area is 450 Å². The molecule has 1 aliphatic rings. The van der Waals surface area contributed by atoms with Crippen molar-refractivity contribution >= 4 is 93.3 Å². The van der Waals surface area contributed by atoms with Crippen LogP contribution in [0, 0.1) is 0 Å². The van der Waals surface area contributed by atoms with Crippen molar-refractivity contribution in [2.45, 2.75) is 120 Å². The summed E-state index contributed by atoms with van der Waals surface area (Å²) in [6, 6.07) is 2.94. The van der Waals surface area contributed by atoms with Crippen molar-refractivity contribution in [2.24, 2.45) is 44.4 Å². The van der Waals surface area contributed by atoms with Gasteiger partial charge in [-0.1, -0.05) is 54.0 Å². The first kappa shape index (κ1) is 60.9. The molecule has 0 radical (unpaired) electrons. The standard InChI is InChI=1S/C49H71Cl2N17O8/c1-26(53)33-10-5-19-58-41(70)16-15-37(65-42(71)35(62-27(2)69)11-6-20-59-48(54)55)44(73)66-38(17-18-52)45(74)67-39(23-28-13-14-31(50)32(51)22-28)46(75)64-36(12-7-21-60-49(56)57)43(72)68-40(47(76)63-33)24-29-25-61-34-9-4-3-8-30(29)34/h3-4,8-9,13-14,22,25,33,35-40,61H,1,5-7,10-12,15-21,23-24,52-53H2,2H3,(H,58,70)(H,62,69)(H,63,76)(H,64,75)(H,65,71)(H,66,73)(H,67,74)(H,68,72)(H4,54,55,59)(H4,56,57,60)/t33?,35-,36-,37-,38-,39+,40-/m0/s1. The Balaban J connectivity index is 1.78. The third-order valence-corrected chi connectivity index (χ3v) is 12.9. The first-order chi connectivity index (χ1) is 36.1. The minimum Gasteiger partial charge on any atom is -0.401 e. The highest BCUT2D eigenvalue weighted by Crippen LogP contribution is 2.24. The van der Waals surface area contributed by atoms with Gasteiger partial charge in [0.05, 0.1) is 16.1 Å². The average molecular weight is 1100 g/mol. The van der Waals surface area contributed by atoms with E-state index < -0.39 is 89.6 Å². The molecule has 0 aliphatic carbocycles. The molecular formula is C49H71Cl2N17O8. The normalized spacial score (nSPS) is 21.0. The fourth-order valence-electron chi connectivity index (χ4n) is 8.22. The van der Waals surface area contributed by atoms with Gasteiger partial charge in [0.2, 0.25) is 47.3 Å². The molecule has 3 aromatic rings. The molecule has 414 valence electrons. The lowest BCUT2D eigenvalue weighted by molar-refractivity contribution is -0.135. The number of carbonyl (C=O) groups is 8. The number of benzene rings is 2. The van der Waals surface area contributed by atoms with Gasteiger partial charge in [-0.2, -0.15) is 0 Å². The van der Waals surface area contributed by atoms with Crippen LogP contribution in [0.25, 0.3) is 10.9 Å². The fourth-order valence-corrected chi connectivity index (χ4v) is 8.54. The fraction of sp³-hybridized carbons (Fsp3) is 0.469. The molecular weight excluding hydrogens is 1030 g/mol. The zero-order valence-corrected chi connectivity index (χ0v) is 43.9. The number of H-pyrrole nitrogens is 1. The van der Waals surface area contributed by atoms with E-state index in [0.717, 1.165) is 10.9 Å². The van der Waals surface area contributed by atoms with E-state index in [1.165, 1.54) is 19.1 Å². The largest absolute Gasteiger partial charge is 0.401 e. The van der Waals surface area contributed by atoms with E-state index >= 15 is 0 Å². The Morgan fingerprint density at radius 1 is 0.750 bits per heavy atom. The number of nitrogens with zero attached hydrogens (tertiary/aromatic N) is 2. The van der Waals surface area contributed by atoms with E-state index in [9.17, 15) is 38.4 Å². The molecule has 2 heterocycles. The summed E-state index contributed by atoms with van der Waals surface area (Å²) in [7, 11) is 0. The van der Waals surface area contributed by atoms with Crippen LogP contribution in [0.5, 0.6) is 0 Å². The highest BCUT2D eigenvalue weighted by atomic mass is 35.5. The zero-order valence-electron chi connectivity index (χ0n) is 42.4. The third kappa shape index (κ3) is 20.2. The molecule has 1 saturated heterocycles. The van der Waals surface area contributed by atoms with Gasteiger partial charge in [-0.15, -0.1) is 0 Å². The quantitative estimate of drug-likeness (QED) is 0.0384. The Hall–Kier alpha value is -7.64. The second-order valence-corrected chi connectivity index (χ2v) is 19.0. The van der Waals surface area contributed by atoms with Gasteiger partial charge in [-0.05, 0) is 87.2 Å². The van der Waals surface area contributed by atoms with Gasteiger partial charge in [-0.25, -0.2) is 0 Å². The lowest BCUT2D eigenvalue weighted by Gasteiger charge is -2.28. The molecule has 0 bridgehead atoms. The van der Waals surface area contributed by atoms with Gasteiger partial charge >= 0.3 is 0 Å². The van der Waals surface area contributed by atoms with Crippen LogP contribution in [0.1, 0.15) is 75.8 Å². The van der Waals surface area contributed by atoms with Crippen LogP contribution < -0.4 is 76.9 Å². The summed E-state index contributed by atoms with van der Waals surface area (Å²) in [5.74, 6) is -6.31. The lowest BCUT2D eigenvalue weighted by atomic mass is 10.0.